The summed E-state index contributed by atoms with van der Waals surface area (Å²) in [6.45, 7) is 0. The molecule has 10 aromatic rings. The molecule has 37 heteroatoms. The molecule has 2 heterocycles. The zero-order chi connectivity index (χ0) is 65.3. The lowest BCUT2D eigenvalue weighted by Gasteiger charge is -2.29. The highest BCUT2D eigenvalue weighted by Gasteiger charge is 2.31. The van der Waals surface area contributed by atoms with Gasteiger partial charge in [-0.3, -0.25) is 0 Å². The van der Waals surface area contributed by atoms with Crippen LogP contribution in [0.4, 0.5) is 0 Å². The molecule has 66 radical (unpaired) electrons. The molecule has 0 aliphatic carbocycles. The fraction of sp³-hybridized carbons (Fsp3) is 0. The van der Waals surface area contributed by atoms with Crippen molar-refractivity contribution in [3.05, 3.63) is 0 Å². The number of benzene rings is 8. The summed E-state index contributed by atoms with van der Waals surface area (Å²) in [6, 6.07) is 0. The lowest BCUT2D eigenvalue weighted by atomic mass is 9.56. The Morgan fingerprint density at radius 2 is 0.273 bits per heavy atom. The molecule has 0 saturated carbocycles. The number of hydrogen-bond acceptors (Lipinski definition) is 4. The molecule has 88 heavy (non-hydrogen) atoms. The summed E-state index contributed by atoms with van der Waals surface area (Å²) in [5, 5.41) is 0.380. The first-order chi connectivity index (χ1) is 41.0. The normalized spacial score (nSPS) is 11.5. The van der Waals surface area contributed by atoms with E-state index in [2.05, 4.69) is 0 Å². The van der Waals surface area contributed by atoms with E-state index < -0.39 is 17.5 Å². The average molecular weight is 1040 g/mol. The molecule has 0 N–H and O–H groups in total. The Hall–Kier alpha value is -4.87. The largest absolute Gasteiger partial charge is 0.208 e. The van der Waals surface area contributed by atoms with Crippen LogP contribution in [0.5, 0.6) is 0 Å². The third-order valence-electron chi connectivity index (χ3n) is 16.0. The molecule has 324 valence electrons. The van der Waals surface area contributed by atoms with Crippen LogP contribution < -0.4 is 180 Å². The minimum absolute atomic E-state index is 0.0133. The Morgan fingerprint density at radius 1 is 0.136 bits per heavy atom. The van der Waals surface area contributed by atoms with Gasteiger partial charge in [0.25, 0.3) is 0 Å². The van der Waals surface area contributed by atoms with Gasteiger partial charge in [-0.05, 0) is 55.3 Å². The molecule has 0 spiro atoms. The molecular weight excluding hydrogens is 1040 g/mol. The molecule has 0 bridgehead atoms. The Labute approximate surface area is 560 Å². The van der Waals surface area contributed by atoms with E-state index in [1.165, 1.54) is 0 Å². The first-order valence-electron chi connectivity index (χ1n) is 25.3. The number of thiophene rings is 1. The highest BCUT2D eigenvalue weighted by Crippen LogP contribution is 2.40. The van der Waals surface area contributed by atoms with Gasteiger partial charge < -0.3 is 0 Å². The molecule has 0 amide bonds. The van der Waals surface area contributed by atoms with Crippen LogP contribution in [0.25, 0.3) is 98.8 Å². The maximum absolute atomic E-state index is 7.37. The van der Waals surface area contributed by atoms with Crippen molar-refractivity contribution in [2.24, 2.45) is 0 Å². The standard InChI is InChI=1S/C51B33N3S/c52-14-5(7-26(64)36(74)28(66)9-10-29(67)37(75)27(65)8(48(10)88-47(7)9)6-24(62)42(80)46(84)43(81)25(6)63)23(61)35(73)34(72)11(14)49-85-50(12-30(68)15(53)1(16(54)31(12)69)3-19(57)38(76)44(82)39(77)20(3)58)87-51(86-49)13-32(70)17(55)2(18(56)33(13)71)4-21(59)40(78)45(83)41(79)22(4)60. The van der Waals surface area contributed by atoms with Gasteiger partial charge in [0.1, 0.15) is 259 Å². The van der Waals surface area contributed by atoms with E-state index >= 15 is 0 Å². The molecule has 0 atom stereocenters. The van der Waals surface area contributed by atoms with Crippen LogP contribution in [0.1, 0.15) is 0 Å². The van der Waals surface area contributed by atoms with Crippen LogP contribution in [0.15, 0.2) is 0 Å². The maximum Gasteiger partial charge on any atom is 0.162 e. The van der Waals surface area contributed by atoms with Crippen LogP contribution in [0.3, 0.4) is 0 Å². The van der Waals surface area contributed by atoms with E-state index in [4.69, 9.17) is 274 Å². The highest BCUT2D eigenvalue weighted by atomic mass is 32.1. The molecule has 3 nitrogen and oxygen atoms in total. The monoisotopic (exact) mass is 1050 g/mol. The van der Waals surface area contributed by atoms with Crippen molar-refractivity contribution in [2.45, 2.75) is 0 Å². The van der Waals surface area contributed by atoms with Crippen LogP contribution in [0, 0.1) is 0 Å². The summed E-state index contributed by atoms with van der Waals surface area (Å²) in [5.74, 6) is -1.29. The van der Waals surface area contributed by atoms with Crippen LogP contribution in [-0.2, 0) is 0 Å². The van der Waals surface area contributed by atoms with E-state index in [-0.39, 0.29) is 262 Å². The van der Waals surface area contributed by atoms with E-state index in [0.29, 0.717) is 0 Å². The molecule has 0 saturated heterocycles. The van der Waals surface area contributed by atoms with Gasteiger partial charge in [0.15, 0.2) is 17.5 Å². The third-order valence-corrected chi connectivity index (χ3v) is 17.2. The van der Waals surface area contributed by atoms with Gasteiger partial charge in [-0.25, -0.2) is 15.0 Å². The maximum atomic E-state index is 7.37. The lowest BCUT2D eigenvalue weighted by molar-refractivity contribution is 1.08. The fourth-order valence-electron chi connectivity index (χ4n) is 11.0. The second-order valence-electron chi connectivity index (χ2n) is 20.6. The predicted octanol–water partition coefficient (Wildman–Crippen LogP) is -25.9. The summed E-state index contributed by atoms with van der Waals surface area (Å²) in [5.41, 5.74) is -7.34. The van der Waals surface area contributed by atoms with Crippen molar-refractivity contribution in [3.8, 4) is 78.7 Å². The zero-order valence-corrected chi connectivity index (χ0v) is 47.1. The summed E-state index contributed by atoms with van der Waals surface area (Å²) in [6.07, 6.45) is 0. The number of hydrogen-bond donors (Lipinski definition) is 0. The Bertz CT molecular complexity index is 4610. The number of aromatic nitrogens is 3. The Morgan fingerprint density at radius 3 is 0.523 bits per heavy atom. The van der Waals surface area contributed by atoms with Gasteiger partial charge in [-0.2, -0.15) is 0 Å². The van der Waals surface area contributed by atoms with Crippen molar-refractivity contribution in [1.29, 1.82) is 0 Å². The lowest BCUT2D eigenvalue weighted by Crippen LogP contribution is -2.57. The summed E-state index contributed by atoms with van der Waals surface area (Å²) < 4.78 is 0.486. The predicted molar refractivity (Wildman–Crippen MR) is 409 cm³/mol. The third kappa shape index (κ3) is 9.42. The van der Waals surface area contributed by atoms with E-state index in [0.717, 1.165) is 11.3 Å². The minimum Gasteiger partial charge on any atom is -0.208 e. The van der Waals surface area contributed by atoms with Crippen LogP contribution in [-0.4, -0.2) is 274 Å². The van der Waals surface area contributed by atoms with Gasteiger partial charge in [-0.15, -0.1) is 76.9 Å². The molecule has 0 aliphatic rings. The number of nitrogens with zero attached hydrogens (tertiary/aromatic N) is 3. The second kappa shape index (κ2) is 23.4. The van der Waals surface area contributed by atoms with Gasteiger partial charge in [0, 0.05) is 26.1 Å². The summed E-state index contributed by atoms with van der Waals surface area (Å²) >= 11 is 1.00. The van der Waals surface area contributed by atoms with E-state index in [1.807, 2.05) is 0 Å². The molecule has 8 aromatic carbocycles. The first kappa shape index (κ1) is 66.1. The minimum atomic E-state index is -0.436. The highest BCUT2D eigenvalue weighted by molar-refractivity contribution is 7.27. The Kier molecular flexibility index (Phi) is 17.5. The topological polar surface area (TPSA) is 38.7 Å². The smallest absolute Gasteiger partial charge is 0.162 e. The first-order valence-corrected chi connectivity index (χ1v) is 26.1. The molecule has 10 rings (SSSR count). The van der Waals surface area contributed by atoms with Crippen molar-refractivity contribution >= 4 is 471 Å². The van der Waals surface area contributed by atoms with Gasteiger partial charge in [-0.1, -0.05) is 115 Å². The molecule has 0 unspecified atom stereocenters. The number of fused-ring (bicyclic) bond motifs is 3. The van der Waals surface area contributed by atoms with Crippen LogP contribution >= 0.6 is 11.3 Å². The molecule has 0 fully saturated rings. The fourth-order valence-corrected chi connectivity index (χ4v) is 12.4. The second-order valence-corrected chi connectivity index (χ2v) is 21.6. The summed E-state index contributed by atoms with van der Waals surface area (Å²) in [4.78, 5) is 14.5. The number of rotatable bonds is 7. The molecule has 0 aliphatic heterocycles. The van der Waals surface area contributed by atoms with Crippen molar-refractivity contribution in [2.75, 3.05) is 0 Å². The molecule has 2 aromatic heterocycles. The van der Waals surface area contributed by atoms with Gasteiger partial charge in [0.2, 0.25) is 0 Å². The van der Waals surface area contributed by atoms with Crippen LogP contribution in [0.2, 0.25) is 0 Å². The van der Waals surface area contributed by atoms with Gasteiger partial charge in [0.05, 0.1) is 0 Å². The average Bonchev–Trinajstić information content (AvgIpc) is 1.52. The van der Waals surface area contributed by atoms with Crippen molar-refractivity contribution < 1.29 is 0 Å². The quantitative estimate of drug-likeness (QED) is 0.149. The van der Waals surface area contributed by atoms with E-state index in [1.54, 1.807) is 0 Å². The van der Waals surface area contributed by atoms with Gasteiger partial charge >= 0.3 is 0 Å². The van der Waals surface area contributed by atoms with Crippen molar-refractivity contribution in [3.63, 3.8) is 0 Å². The summed E-state index contributed by atoms with van der Waals surface area (Å²) in [7, 11) is 220. The SMILES string of the molecule is [B]c1c([B])c([B])c(-c2c([B])c([B])c(-c3nc(-c4c([B])c([B])c(-c5c([B])c([B])c([B])c([B])c5[B])c([B])c4[B])nc(-c4c([B])c([B])c([B])c(-c5c([B])c([B])c([B])c6c5sc5c(-c7c([B])c([B])c([B])c([B])c7[B])c([B])c([B])c([B])c56)c4[B])n3)c([B])c2[B])c([B])c1[B]. The molecular formula is C51B33N3S. The van der Waals surface area contributed by atoms with Crippen molar-refractivity contribution in [1.82, 2.24) is 15.0 Å². The Balaban J connectivity index is 1.34. The zero-order valence-electron chi connectivity index (χ0n) is 46.3. The van der Waals surface area contributed by atoms with E-state index in [9.17, 15) is 0 Å².